The number of benzene rings is 2. The highest BCUT2D eigenvalue weighted by atomic mass is 19.4. The molecule has 0 bridgehead atoms. The largest absolute Gasteiger partial charge is 0.584 e. The Morgan fingerprint density at radius 2 is 1.48 bits per heavy atom. The fourth-order valence-electron chi connectivity index (χ4n) is 7.54. The van der Waals surface area contributed by atoms with Gasteiger partial charge in [-0.05, 0) is 75.6 Å². The molecular formula is C38H38F3N7+2. The molecule has 2 aromatic carbocycles. The van der Waals surface area contributed by atoms with Crippen LogP contribution in [0.5, 0.6) is 0 Å². The Morgan fingerprint density at radius 3 is 2.12 bits per heavy atom. The number of nitrogens with zero attached hydrogens (tertiary/aromatic N) is 7. The van der Waals surface area contributed by atoms with Crippen LogP contribution in [0.4, 0.5) is 13.2 Å². The van der Waals surface area contributed by atoms with E-state index in [1.54, 1.807) is 4.68 Å². The molecule has 1 unspecified atom stereocenters. The van der Waals surface area contributed by atoms with Crippen molar-refractivity contribution in [2.24, 2.45) is 0 Å². The van der Waals surface area contributed by atoms with Gasteiger partial charge in [0.15, 0.2) is 12.4 Å². The maximum atomic E-state index is 14.4. The number of halogens is 3. The molecule has 2 aliphatic heterocycles. The van der Waals surface area contributed by atoms with E-state index in [2.05, 4.69) is 94.9 Å². The Labute approximate surface area is 277 Å². The Hall–Kier alpha value is -4.86. The monoisotopic (exact) mass is 649 g/mol. The number of hydrogen-bond acceptors (Lipinski definition) is 3. The van der Waals surface area contributed by atoms with Crippen molar-refractivity contribution in [1.82, 2.24) is 24.5 Å². The van der Waals surface area contributed by atoms with Crippen LogP contribution in [0.15, 0.2) is 73.1 Å². The topological polar surface area (TPSA) is 56.3 Å². The van der Waals surface area contributed by atoms with Crippen molar-refractivity contribution in [2.45, 2.75) is 84.7 Å². The van der Waals surface area contributed by atoms with Gasteiger partial charge in [0.1, 0.15) is 5.69 Å². The van der Waals surface area contributed by atoms with E-state index in [0.29, 0.717) is 17.5 Å². The minimum absolute atomic E-state index is 0.130. The molecule has 1 spiro atoms. The summed E-state index contributed by atoms with van der Waals surface area (Å²) in [6, 6.07) is 20.9. The second-order valence-corrected chi connectivity index (χ2v) is 14.7. The van der Waals surface area contributed by atoms with Crippen molar-refractivity contribution >= 4 is 10.8 Å². The lowest BCUT2D eigenvalue weighted by Crippen LogP contribution is -2.77. The summed E-state index contributed by atoms with van der Waals surface area (Å²) < 4.78 is 50.2. The molecule has 4 aromatic heterocycles. The van der Waals surface area contributed by atoms with Crippen molar-refractivity contribution in [3.63, 3.8) is 0 Å². The quantitative estimate of drug-likeness (QED) is 0.183. The van der Waals surface area contributed by atoms with Crippen molar-refractivity contribution < 1.29 is 22.3 Å². The molecule has 0 N–H and O–H groups in total. The van der Waals surface area contributed by atoms with Crippen LogP contribution in [0, 0.1) is 6.92 Å². The molecule has 1 atom stereocenters. The molecule has 6 aromatic rings. The van der Waals surface area contributed by atoms with Crippen LogP contribution < -0.4 is 9.13 Å². The number of hydrogen-bond donors (Lipinski definition) is 0. The minimum Gasteiger partial charge on any atom is -0.197 e. The van der Waals surface area contributed by atoms with Gasteiger partial charge in [0, 0.05) is 18.2 Å². The maximum Gasteiger partial charge on any atom is 0.584 e. The molecule has 6 heterocycles. The molecule has 7 nitrogen and oxygen atoms in total. The number of fused-ring (bicyclic) bond motifs is 12. The summed E-state index contributed by atoms with van der Waals surface area (Å²) in [5.74, 6) is -1.86. The number of alkyl halides is 3. The smallest absolute Gasteiger partial charge is 0.197 e. The highest BCUT2D eigenvalue weighted by Crippen LogP contribution is 2.43. The first-order chi connectivity index (χ1) is 22.6. The lowest BCUT2D eigenvalue weighted by atomic mass is 9.84. The van der Waals surface area contributed by atoms with Crippen LogP contribution in [-0.2, 0) is 17.5 Å². The first kappa shape index (κ1) is 30.5. The third-order valence-electron chi connectivity index (χ3n) is 9.81. The van der Waals surface area contributed by atoms with Gasteiger partial charge in [-0.15, -0.1) is 9.78 Å². The molecule has 0 saturated carbocycles. The zero-order valence-electron chi connectivity index (χ0n) is 28.3. The molecule has 10 heteroatoms. The van der Waals surface area contributed by atoms with Gasteiger partial charge in [-0.25, -0.2) is 0 Å². The van der Waals surface area contributed by atoms with E-state index in [4.69, 9.17) is 5.10 Å². The number of rotatable bonds is 3. The summed E-state index contributed by atoms with van der Waals surface area (Å²) in [6.07, 6.45) is -0.867. The van der Waals surface area contributed by atoms with Crippen molar-refractivity contribution in [1.29, 1.82) is 0 Å². The fraction of sp³-hybridized carbons (Fsp3) is 0.342. The summed E-state index contributed by atoms with van der Waals surface area (Å²) in [7, 11) is 0. The molecule has 0 saturated heterocycles. The second-order valence-electron chi connectivity index (χ2n) is 14.7. The van der Waals surface area contributed by atoms with Gasteiger partial charge < -0.3 is 0 Å². The summed E-state index contributed by atoms with van der Waals surface area (Å²) >= 11 is 0. The van der Waals surface area contributed by atoms with Crippen molar-refractivity contribution in [3.05, 3.63) is 101 Å². The zero-order chi connectivity index (χ0) is 34.1. The highest BCUT2D eigenvalue weighted by Gasteiger charge is 2.71. The number of aryl methyl sites for hydroxylation is 1. The second kappa shape index (κ2) is 9.84. The van der Waals surface area contributed by atoms with Crippen molar-refractivity contribution in [2.75, 3.05) is 0 Å². The first-order valence-electron chi connectivity index (χ1n) is 16.4. The Balaban J connectivity index is 1.45. The first-order valence-corrected chi connectivity index (χ1v) is 16.4. The third-order valence-corrected chi connectivity index (χ3v) is 9.81. The van der Waals surface area contributed by atoms with E-state index in [9.17, 15) is 13.2 Å². The third kappa shape index (κ3) is 4.04. The van der Waals surface area contributed by atoms with E-state index in [1.807, 2.05) is 52.7 Å². The zero-order valence-corrected chi connectivity index (χ0v) is 28.3. The van der Waals surface area contributed by atoms with Crippen molar-refractivity contribution in [3.8, 4) is 34.0 Å². The predicted octanol–water partition coefficient (Wildman–Crippen LogP) is 7.91. The minimum atomic E-state index is -4.74. The molecular weight excluding hydrogens is 611 g/mol. The Morgan fingerprint density at radius 1 is 0.792 bits per heavy atom. The van der Waals surface area contributed by atoms with E-state index in [-0.39, 0.29) is 11.2 Å². The standard InChI is InChI=1S/C38H38F3N7/c1-21(2)27-10-9-11-28(22(3)4)32(27)25-12-13-29-24(19-25)14-16-46-33(29)34-42-35(37(39,40)41)44-48(34)38(46)45-17-15-26(36(6,7)8)20-30(45)31-18-23(5)43-47(31)38/h9-22H,1-8H3/q+2. The van der Waals surface area contributed by atoms with Gasteiger partial charge in [-0.2, -0.15) is 23.3 Å². The van der Waals surface area contributed by atoms with Gasteiger partial charge in [-0.1, -0.05) is 86.5 Å². The van der Waals surface area contributed by atoms with Crippen LogP contribution >= 0.6 is 0 Å². The summed E-state index contributed by atoms with van der Waals surface area (Å²) in [5, 5.41) is 10.8. The molecule has 244 valence electrons. The lowest BCUT2D eigenvalue weighted by molar-refractivity contribution is -0.990. The van der Waals surface area contributed by atoms with E-state index >= 15 is 0 Å². The van der Waals surface area contributed by atoms with E-state index in [0.717, 1.165) is 39.0 Å². The molecule has 0 aliphatic carbocycles. The molecule has 0 fully saturated rings. The van der Waals surface area contributed by atoms with Gasteiger partial charge >= 0.3 is 12.1 Å². The lowest BCUT2D eigenvalue weighted by Gasteiger charge is -2.20. The molecule has 8 rings (SSSR count). The Bertz CT molecular complexity index is 2280. The normalized spacial score (nSPS) is 16.7. The van der Waals surface area contributed by atoms with E-state index in [1.165, 1.54) is 21.4 Å². The Kier molecular flexibility index (Phi) is 6.25. The molecule has 0 amide bonds. The van der Waals surface area contributed by atoms with Gasteiger partial charge in [-0.3, -0.25) is 0 Å². The number of aromatic nitrogens is 7. The van der Waals surface area contributed by atoms with Crippen LogP contribution in [0.25, 0.3) is 44.8 Å². The summed E-state index contributed by atoms with van der Waals surface area (Å²) in [5.41, 5.74) is 8.68. The van der Waals surface area contributed by atoms with Crippen LogP contribution in [-0.4, -0.2) is 24.5 Å². The SMILES string of the molecule is Cc1cc2n(n1)C1(n3nc(C(F)(F)F)nc3-c3c4ccc(-c5c(C(C)C)cccc5C(C)C)cc4cc[n+]31)[n+]1ccc(C(C)(C)C)cc1-2. The number of pyridine rings is 2. The van der Waals surface area contributed by atoms with Gasteiger partial charge in [0.25, 0.3) is 11.5 Å². The average Bonchev–Trinajstić information content (AvgIpc) is 3.75. The molecule has 0 radical (unpaired) electrons. The molecule has 2 aliphatic rings. The van der Waals surface area contributed by atoms with Crippen LogP contribution in [0.2, 0.25) is 0 Å². The van der Waals surface area contributed by atoms with Crippen LogP contribution in [0.3, 0.4) is 0 Å². The predicted molar refractivity (Wildman–Crippen MR) is 177 cm³/mol. The fourth-order valence-corrected chi connectivity index (χ4v) is 7.54. The average molecular weight is 650 g/mol. The highest BCUT2D eigenvalue weighted by molar-refractivity contribution is 5.95. The maximum absolute atomic E-state index is 14.4. The van der Waals surface area contributed by atoms with Gasteiger partial charge in [0.2, 0.25) is 11.5 Å². The summed E-state index contributed by atoms with van der Waals surface area (Å²) in [4.78, 5) is 4.19. The van der Waals surface area contributed by atoms with E-state index < -0.39 is 17.9 Å². The summed E-state index contributed by atoms with van der Waals surface area (Å²) in [6.45, 7) is 17.1. The molecule has 48 heavy (non-hydrogen) atoms. The van der Waals surface area contributed by atoms with Gasteiger partial charge in [0.05, 0.1) is 11.1 Å². The van der Waals surface area contributed by atoms with Crippen LogP contribution in [0.1, 0.15) is 88.5 Å².